The summed E-state index contributed by atoms with van der Waals surface area (Å²) in [5.74, 6) is 0.0588. The molecule has 1 aromatic heterocycles. The number of halogens is 3. The van der Waals surface area contributed by atoms with Crippen LogP contribution in [0.25, 0.3) is 0 Å². The number of nitrogens with one attached hydrogen (secondary N) is 1. The van der Waals surface area contributed by atoms with Crippen molar-refractivity contribution in [1.82, 2.24) is 9.88 Å². The molecule has 0 atom stereocenters. The van der Waals surface area contributed by atoms with Crippen LogP contribution < -0.4 is 14.8 Å². The van der Waals surface area contributed by atoms with E-state index < -0.39 is 17.6 Å². The van der Waals surface area contributed by atoms with Gasteiger partial charge in [0.05, 0.1) is 30.4 Å². The van der Waals surface area contributed by atoms with Crippen LogP contribution in [0.2, 0.25) is 0 Å². The van der Waals surface area contributed by atoms with E-state index in [9.17, 15) is 22.8 Å². The molecule has 2 heterocycles. The molecule has 0 saturated carbocycles. The van der Waals surface area contributed by atoms with Gasteiger partial charge in [-0.05, 0) is 43.5 Å². The number of rotatable bonds is 6. The van der Waals surface area contributed by atoms with E-state index >= 15 is 0 Å². The number of aromatic nitrogens is 1. The third kappa shape index (κ3) is 5.71. The molecular weight excluding hydrogens is 507 g/mol. The van der Waals surface area contributed by atoms with Gasteiger partial charge in [0.2, 0.25) is 0 Å². The molecule has 1 saturated heterocycles. The number of carbonyl (C=O) groups is 2. The normalized spacial score (nSPS) is 14.4. The van der Waals surface area contributed by atoms with Crippen LogP contribution in [0.3, 0.4) is 0 Å². The van der Waals surface area contributed by atoms with Crippen LogP contribution in [0.5, 0.6) is 11.5 Å². The van der Waals surface area contributed by atoms with Gasteiger partial charge in [-0.1, -0.05) is 12.1 Å². The number of hydrogen-bond donors (Lipinski definition) is 1. The minimum Gasteiger partial charge on any atom is -0.493 e. The molecule has 1 fully saturated rings. The zero-order valence-corrected chi connectivity index (χ0v) is 21.3. The van der Waals surface area contributed by atoms with Crippen LogP contribution in [-0.2, 0) is 6.18 Å². The quantitative estimate of drug-likeness (QED) is 0.436. The van der Waals surface area contributed by atoms with Gasteiger partial charge >= 0.3 is 6.18 Å². The van der Waals surface area contributed by atoms with E-state index in [4.69, 9.17) is 9.47 Å². The molecule has 0 bridgehead atoms. The fraction of sp³-hybridized carbons (Fsp3) is 0.346. The monoisotopic (exact) mass is 533 g/mol. The molecule has 0 spiro atoms. The third-order valence-corrected chi connectivity index (χ3v) is 7.33. The number of alkyl halides is 3. The predicted octanol–water partition coefficient (Wildman–Crippen LogP) is 5.76. The van der Waals surface area contributed by atoms with Gasteiger partial charge in [-0.15, -0.1) is 11.3 Å². The lowest BCUT2D eigenvalue weighted by atomic mass is 9.96. The first-order valence-electron chi connectivity index (χ1n) is 11.6. The molecule has 2 aromatic carbocycles. The van der Waals surface area contributed by atoms with Crippen molar-refractivity contribution in [1.29, 1.82) is 0 Å². The Hall–Kier alpha value is -3.60. The maximum atomic E-state index is 13.3. The highest BCUT2D eigenvalue weighted by Crippen LogP contribution is 2.36. The van der Waals surface area contributed by atoms with E-state index in [1.54, 1.807) is 17.5 Å². The van der Waals surface area contributed by atoms with Crippen molar-refractivity contribution in [2.75, 3.05) is 32.6 Å². The summed E-state index contributed by atoms with van der Waals surface area (Å²) in [6, 6.07) is 8.29. The van der Waals surface area contributed by atoms with Crippen LogP contribution in [0.15, 0.2) is 41.8 Å². The van der Waals surface area contributed by atoms with Crippen molar-refractivity contribution in [2.24, 2.45) is 0 Å². The maximum absolute atomic E-state index is 13.3. The van der Waals surface area contributed by atoms with E-state index in [1.807, 2.05) is 6.92 Å². The average molecular weight is 534 g/mol. The highest BCUT2D eigenvalue weighted by molar-refractivity contribution is 7.10. The molecule has 1 aliphatic heterocycles. The van der Waals surface area contributed by atoms with E-state index in [0.717, 1.165) is 16.6 Å². The Balaban J connectivity index is 1.40. The Morgan fingerprint density at radius 1 is 1.08 bits per heavy atom. The Kier molecular flexibility index (Phi) is 7.72. The highest BCUT2D eigenvalue weighted by atomic mass is 32.1. The number of carbonyl (C=O) groups excluding carboxylic acids is 2. The molecule has 4 rings (SSSR count). The number of piperidine rings is 1. The van der Waals surface area contributed by atoms with Crippen LogP contribution in [0.4, 0.5) is 18.9 Å². The Bertz CT molecular complexity index is 1300. The summed E-state index contributed by atoms with van der Waals surface area (Å²) >= 11 is 1.36. The zero-order chi connectivity index (χ0) is 26.7. The number of ether oxygens (including phenoxy) is 2. The minimum atomic E-state index is -4.60. The SMILES string of the molecule is COc1cc(C)c(NC(=O)c2csc(C3CCN(C(=O)c4ccccc4C(F)(F)F)CC3)n2)cc1OC. The lowest BCUT2D eigenvalue weighted by molar-refractivity contribution is -0.138. The summed E-state index contributed by atoms with van der Waals surface area (Å²) in [5, 5.41) is 5.29. The summed E-state index contributed by atoms with van der Waals surface area (Å²) in [4.78, 5) is 31.6. The number of likely N-dealkylation sites (tertiary alicyclic amines) is 1. The van der Waals surface area contributed by atoms with Gasteiger partial charge in [0.25, 0.3) is 11.8 Å². The second-order valence-electron chi connectivity index (χ2n) is 8.66. The fourth-order valence-electron chi connectivity index (χ4n) is 4.30. The molecule has 0 aliphatic carbocycles. The Labute approximate surface area is 216 Å². The third-order valence-electron chi connectivity index (χ3n) is 6.33. The van der Waals surface area contributed by atoms with Crippen molar-refractivity contribution in [2.45, 2.75) is 31.9 Å². The van der Waals surface area contributed by atoms with Gasteiger partial charge in [-0.25, -0.2) is 4.98 Å². The molecule has 0 unspecified atom stereocenters. The molecule has 37 heavy (non-hydrogen) atoms. The largest absolute Gasteiger partial charge is 0.493 e. The lowest BCUT2D eigenvalue weighted by Gasteiger charge is -2.31. The first-order chi connectivity index (χ1) is 17.6. The summed E-state index contributed by atoms with van der Waals surface area (Å²) in [6.45, 7) is 2.45. The van der Waals surface area contributed by atoms with Gasteiger partial charge in [0.1, 0.15) is 5.69 Å². The van der Waals surface area contributed by atoms with Crippen LogP contribution >= 0.6 is 11.3 Å². The van der Waals surface area contributed by atoms with Crippen molar-refractivity contribution >= 4 is 28.8 Å². The Morgan fingerprint density at radius 3 is 2.38 bits per heavy atom. The summed E-state index contributed by atoms with van der Waals surface area (Å²) < 4.78 is 50.6. The van der Waals surface area contributed by atoms with Crippen molar-refractivity contribution in [3.63, 3.8) is 0 Å². The molecule has 196 valence electrons. The fourth-order valence-corrected chi connectivity index (χ4v) is 5.27. The van der Waals surface area contributed by atoms with Gasteiger partial charge in [-0.2, -0.15) is 13.2 Å². The number of nitrogens with zero attached hydrogens (tertiary/aromatic N) is 2. The molecule has 2 amide bonds. The smallest absolute Gasteiger partial charge is 0.417 e. The maximum Gasteiger partial charge on any atom is 0.417 e. The van der Waals surface area contributed by atoms with E-state index in [-0.39, 0.29) is 23.1 Å². The molecular formula is C26H26F3N3O4S. The molecule has 1 N–H and O–H groups in total. The lowest BCUT2D eigenvalue weighted by Crippen LogP contribution is -2.38. The summed E-state index contributed by atoms with van der Waals surface area (Å²) in [5.41, 5.74) is 0.370. The van der Waals surface area contributed by atoms with Crippen molar-refractivity contribution in [3.05, 3.63) is 69.2 Å². The van der Waals surface area contributed by atoms with Gasteiger partial charge in [-0.3, -0.25) is 9.59 Å². The summed E-state index contributed by atoms with van der Waals surface area (Å²) in [7, 11) is 3.05. The van der Waals surface area contributed by atoms with Crippen LogP contribution in [-0.4, -0.2) is 49.0 Å². The topological polar surface area (TPSA) is 80.8 Å². The standard InChI is InChI=1S/C26H26F3N3O4S/c1-15-12-21(35-2)22(36-3)13-19(15)30-23(33)20-14-37-24(31-20)16-8-10-32(11-9-16)25(34)17-6-4-5-7-18(17)26(27,28)29/h4-7,12-14,16H,8-11H2,1-3H3,(H,30,33). The Morgan fingerprint density at radius 2 is 1.73 bits per heavy atom. The van der Waals surface area contributed by atoms with Gasteiger partial charge < -0.3 is 19.7 Å². The number of thiazole rings is 1. The van der Waals surface area contributed by atoms with E-state index in [1.165, 1.54) is 48.7 Å². The van der Waals surface area contributed by atoms with Crippen LogP contribution in [0.1, 0.15) is 55.7 Å². The number of benzene rings is 2. The zero-order valence-electron chi connectivity index (χ0n) is 20.5. The van der Waals surface area contributed by atoms with Crippen molar-refractivity contribution in [3.8, 4) is 11.5 Å². The average Bonchev–Trinajstić information content (AvgIpc) is 3.39. The highest BCUT2D eigenvalue weighted by Gasteiger charge is 2.36. The second kappa shape index (κ2) is 10.8. The first-order valence-corrected chi connectivity index (χ1v) is 12.4. The minimum absolute atomic E-state index is 0.0104. The number of methoxy groups -OCH3 is 2. The molecule has 3 aromatic rings. The van der Waals surface area contributed by atoms with E-state index in [0.29, 0.717) is 43.1 Å². The first kappa shape index (κ1) is 26.5. The van der Waals surface area contributed by atoms with E-state index in [2.05, 4.69) is 10.3 Å². The van der Waals surface area contributed by atoms with Gasteiger partial charge in [0, 0.05) is 36.1 Å². The van der Waals surface area contributed by atoms with Gasteiger partial charge in [0.15, 0.2) is 11.5 Å². The molecule has 1 aliphatic rings. The number of amides is 2. The molecule has 7 nitrogen and oxygen atoms in total. The number of aryl methyl sites for hydroxylation is 1. The van der Waals surface area contributed by atoms with Crippen LogP contribution in [0, 0.1) is 6.92 Å². The predicted molar refractivity (Wildman–Crippen MR) is 134 cm³/mol. The molecule has 11 heteroatoms. The second-order valence-corrected chi connectivity index (χ2v) is 9.55. The molecule has 0 radical (unpaired) electrons. The summed E-state index contributed by atoms with van der Waals surface area (Å²) in [6.07, 6.45) is -3.51. The number of hydrogen-bond acceptors (Lipinski definition) is 6. The van der Waals surface area contributed by atoms with Crippen molar-refractivity contribution < 1.29 is 32.2 Å². The number of anilines is 1.